The van der Waals surface area contributed by atoms with Crippen LogP contribution in [0.4, 0.5) is 5.69 Å². The number of anilines is 1. The van der Waals surface area contributed by atoms with Crippen LogP contribution in [0, 0.1) is 0 Å². The van der Waals surface area contributed by atoms with Crippen LogP contribution in [-0.4, -0.2) is 28.0 Å². The molecule has 0 aliphatic heterocycles. The van der Waals surface area contributed by atoms with E-state index < -0.39 is 22.5 Å². The first-order valence-electron chi connectivity index (χ1n) is 11.2. The number of nitrogens with zero attached hydrogens (tertiary/aromatic N) is 1. The molecule has 3 aromatic rings. The summed E-state index contributed by atoms with van der Waals surface area (Å²) in [5.41, 5.74) is 2.31. The number of amides is 1. The van der Waals surface area contributed by atoms with Crippen LogP contribution in [0.1, 0.15) is 44.9 Å². The Kier molecular flexibility index (Phi) is 8.13. The van der Waals surface area contributed by atoms with Crippen molar-refractivity contribution in [2.24, 2.45) is 0 Å². The molecule has 186 valence electrons. The average molecular weight is 515 g/mol. The molecule has 3 aromatic carbocycles. The number of sulfonamides is 1. The molecule has 0 bridgehead atoms. The Labute approximate surface area is 212 Å². The highest BCUT2D eigenvalue weighted by atomic mass is 35.5. The zero-order valence-corrected chi connectivity index (χ0v) is 22.2. The van der Waals surface area contributed by atoms with E-state index in [4.69, 9.17) is 16.3 Å². The minimum Gasteiger partial charge on any atom is -0.495 e. The SMILES string of the molecule is COc1ccc(Cl)cc1N(CC(=O)N[C@H](C)c1ccc(C(C)(C)C)cc1)S(=O)(=O)c1ccccc1. The lowest BCUT2D eigenvalue weighted by molar-refractivity contribution is -0.120. The van der Waals surface area contributed by atoms with Crippen LogP contribution in [-0.2, 0) is 20.2 Å². The van der Waals surface area contributed by atoms with Crippen LogP contribution in [0.15, 0.2) is 77.7 Å². The van der Waals surface area contributed by atoms with Crippen molar-refractivity contribution in [1.82, 2.24) is 5.32 Å². The Hall–Kier alpha value is -3.03. The fourth-order valence-electron chi connectivity index (χ4n) is 3.65. The lowest BCUT2D eigenvalue weighted by Crippen LogP contribution is -2.41. The number of hydrogen-bond donors (Lipinski definition) is 1. The van der Waals surface area contributed by atoms with Gasteiger partial charge >= 0.3 is 0 Å². The van der Waals surface area contributed by atoms with Gasteiger partial charge in [-0.1, -0.05) is 74.8 Å². The molecule has 0 fully saturated rings. The van der Waals surface area contributed by atoms with E-state index in [-0.39, 0.29) is 27.8 Å². The van der Waals surface area contributed by atoms with Gasteiger partial charge in [-0.3, -0.25) is 9.10 Å². The smallest absolute Gasteiger partial charge is 0.264 e. The minimum atomic E-state index is -4.09. The monoisotopic (exact) mass is 514 g/mol. The van der Waals surface area contributed by atoms with Crippen molar-refractivity contribution in [3.63, 3.8) is 0 Å². The molecular formula is C27H31ClN2O4S. The molecule has 0 aliphatic carbocycles. The summed E-state index contributed by atoms with van der Waals surface area (Å²) in [6.45, 7) is 7.83. The van der Waals surface area contributed by atoms with Crippen molar-refractivity contribution in [2.75, 3.05) is 18.0 Å². The number of ether oxygens (including phenoxy) is 1. The van der Waals surface area contributed by atoms with Crippen LogP contribution in [0.25, 0.3) is 0 Å². The molecule has 0 aromatic heterocycles. The van der Waals surface area contributed by atoms with E-state index in [0.29, 0.717) is 5.02 Å². The van der Waals surface area contributed by atoms with Crippen molar-refractivity contribution in [2.45, 2.75) is 44.0 Å². The molecule has 35 heavy (non-hydrogen) atoms. The third kappa shape index (κ3) is 6.35. The van der Waals surface area contributed by atoms with Crippen molar-refractivity contribution in [1.29, 1.82) is 0 Å². The maximum absolute atomic E-state index is 13.6. The summed E-state index contributed by atoms with van der Waals surface area (Å²) >= 11 is 6.18. The molecule has 0 spiro atoms. The highest BCUT2D eigenvalue weighted by Crippen LogP contribution is 2.35. The third-order valence-corrected chi connectivity index (χ3v) is 7.69. The molecule has 3 rings (SSSR count). The first-order valence-corrected chi connectivity index (χ1v) is 13.1. The van der Waals surface area contributed by atoms with Crippen LogP contribution < -0.4 is 14.4 Å². The molecule has 1 atom stereocenters. The second kappa shape index (κ2) is 10.7. The zero-order valence-electron chi connectivity index (χ0n) is 20.6. The second-order valence-electron chi connectivity index (χ2n) is 9.30. The number of nitrogens with one attached hydrogen (secondary N) is 1. The van der Waals surface area contributed by atoms with Gasteiger partial charge in [0, 0.05) is 5.02 Å². The van der Waals surface area contributed by atoms with E-state index in [1.165, 1.54) is 30.9 Å². The van der Waals surface area contributed by atoms with Gasteiger partial charge in [0.05, 0.1) is 23.7 Å². The van der Waals surface area contributed by atoms with Crippen LogP contribution in [0.3, 0.4) is 0 Å². The molecule has 1 amide bonds. The van der Waals surface area contributed by atoms with Gasteiger partial charge in [0.15, 0.2) is 0 Å². The third-order valence-electron chi connectivity index (χ3n) is 5.68. The Balaban J connectivity index is 1.91. The number of halogens is 1. The Morgan fingerprint density at radius 1 is 1.03 bits per heavy atom. The summed E-state index contributed by atoms with van der Waals surface area (Å²) in [6, 6.07) is 20.3. The highest BCUT2D eigenvalue weighted by Gasteiger charge is 2.30. The number of rotatable bonds is 8. The van der Waals surface area contributed by atoms with Gasteiger partial charge in [0.1, 0.15) is 12.3 Å². The second-order valence-corrected chi connectivity index (χ2v) is 11.6. The standard InChI is InChI=1S/C27H31ClN2O4S/c1-19(20-11-13-21(14-12-20)27(2,3)4)29-26(31)18-30(24-17-22(28)15-16-25(24)34-5)35(32,33)23-9-7-6-8-10-23/h6-17,19H,18H2,1-5H3,(H,29,31)/t19-/m1/s1. The molecule has 6 nitrogen and oxygen atoms in total. The van der Waals surface area contributed by atoms with Gasteiger partial charge in [0.2, 0.25) is 5.91 Å². The largest absolute Gasteiger partial charge is 0.495 e. The van der Waals surface area contributed by atoms with E-state index in [2.05, 4.69) is 26.1 Å². The summed E-state index contributed by atoms with van der Waals surface area (Å²) < 4.78 is 33.6. The topological polar surface area (TPSA) is 75.7 Å². The molecule has 1 N–H and O–H groups in total. The molecule has 0 saturated carbocycles. The predicted molar refractivity (Wildman–Crippen MR) is 141 cm³/mol. The summed E-state index contributed by atoms with van der Waals surface area (Å²) in [5.74, 6) is -0.175. The quantitative estimate of drug-likeness (QED) is 0.417. The molecule has 0 unspecified atom stereocenters. The highest BCUT2D eigenvalue weighted by molar-refractivity contribution is 7.92. The fraction of sp³-hybridized carbons (Fsp3) is 0.296. The predicted octanol–water partition coefficient (Wildman–Crippen LogP) is 5.72. The zero-order chi connectivity index (χ0) is 25.8. The van der Waals surface area contributed by atoms with Crippen molar-refractivity contribution < 1.29 is 17.9 Å². The van der Waals surface area contributed by atoms with Gasteiger partial charge < -0.3 is 10.1 Å². The molecule has 0 radical (unpaired) electrons. The van der Waals surface area contributed by atoms with Gasteiger partial charge in [-0.2, -0.15) is 0 Å². The van der Waals surface area contributed by atoms with Crippen LogP contribution in [0.5, 0.6) is 5.75 Å². The van der Waals surface area contributed by atoms with Crippen molar-refractivity contribution >= 4 is 33.2 Å². The number of hydrogen-bond acceptors (Lipinski definition) is 4. The van der Waals surface area contributed by atoms with E-state index >= 15 is 0 Å². The van der Waals surface area contributed by atoms with Crippen LogP contribution >= 0.6 is 11.6 Å². The number of benzene rings is 3. The molecule has 0 heterocycles. The Morgan fingerprint density at radius 3 is 2.23 bits per heavy atom. The molecular weight excluding hydrogens is 484 g/mol. The fourth-order valence-corrected chi connectivity index (χ4v) is 5.26. The number of carbonyl (C=O) groups is 1. The average Bonchev–Trinajstić information content (AvgIpc) is 2.82. The van der Waals surface area contributed by atoms with E-state index in [1.807, 2.05) is 31.2 Å². The summed E-state index contributed by atoms with van der Waals surface area (Å²) in [7, 11) is -2.65. The first-order chi connectivity index (χ1) is 16.4. The van der Waals surface area contributed by atoms with Gasteiger partial charge in [-0.05, 0) is 53.8 Å². The van der Waals surface area contributed by atoms with Crippen molar-refractivity contribution in [3.05, 3.63) is 88.9 Å². The Bertz CT molecular complexity index is 1270. The van der Waals surface area contributed by atoms with E-state index in [1.54, 1.807) is 30.3 Å². The van der Waals surface area contributed by atoms with Gasteiger partial charge in [-0.25, -0.2) is 8.42 Å². The van der Waals surface area contributed by atoms with Crippen molar-refractivity contribution in [3.8, 4) is 5.75 Å². The molecule has 8 heteroatoms. The molecule has 0 saturated heterocycles. The van der Waals surface area contributed by atoms with Crippen LogP contribution in [0.2, 0.25) is 5.02 Å². The number of methoxy groups -OCH3 is 1. The maximum atomic E-state index is 13.6. The summed E-state index contributed by atoms with van der Waals surface area (Å²) in [4.78, 5) is 13.2. The van der Waals surface area contributed by atoms with E-state index in [9.17, 15) is 13.2 Å². The Morgan fingerprint density at radius 2 is 1.66 bits per heavy atom. The summed E-state index contributed by atoms with van der Waals surface area (Å²) in [6.07, 6.45) is 0. The first kappa shape index (κ1) is 26.6. The lowest BCUT2D eigenvalue weighted by atomic mass is 9.86. The maximum Gasteiger partial charge on any atom is 0.264 e. The van der Waals surface area contributed by atoms with Gasteiger partial charge in [-0.15, -0.1) is 0 Å². The van der Waals surface area contributed by atoms with Gasteiger partial charge in [0.25, 0.3) is 10.0 Å². The summed E-state index contributed by atoms with van der Waals surface area (Å²) in [5, 5.41) is 3.23. The minimum absolute atomic E-state index is 0.0212. The van der Waals surface area contributed by atoms with E-state index in [0.717, 1.165) is 9.87 Å². The normalized spacial score (nSPS) is 12.6. The number of carbonyl (C=O) groups excluding carboxylic acids is 1. The lowest BCUT2D eigenvalue weighted by Gasteiger charge is -2.26. The molecule has 0 aliphatic rings.